The molecular weight excluding hydrogens is 705 g/mol. The minimum Gasteiger partial charge on any atom is -0.289 e. The molecule has 6 rings (SSSR count). The third-order valence-corrected chi connectivity index (χ3v) is 15.5. The van der Waals surface area contributed by atoms with Gasteiger partial charge in [0.15, 0.2) is 5.78 Å². The van der Waals surface area contributed by atoms with Gasteiger partial charge in [0.25, 0.3) is 11.8 Å². The van der Waals surface area contributed by atoms with Crippen molar-refractivity contribution in [3.63, 3.8) is 0 Å². The van der Waals surface area contributed by atoms with Gasteiger partial charge >= 0.3 is 0 Å². The van der Waals surface area contributed by atoms with E-state index in [-0.39, 0.29) is 59.8 Å². The summed E-state index contributed by atoms with van der Waals surface area (Å²) >= 11 is 0. The topological polar surface area (TPSA) is 17.1 Å². The highest BCUT2D eigenvalue weighted by atomic mass is 19.3. The van der Waals surface area contributed by atoms with Crippen LogP contribution in [0.25, 0.3) is 0 Å². The van der Waals surface area contributed by atoms with Crippen LogP contribution < -0.4 is 0 Å². The molecule has 56 heavy (non-hydrogen) atoms. The molecule has 0 bridgehead atoms. The largest absolute Gasteiger partial charge is 0.289 e. The Bertz CT molecular complexity index is 1420. The molecule has 0 amide bonds. The lowest BCUT2D eigenvalue weighted by Crippen LogP contribution is -2.26. The number of alkyl halides is 4. The van der Waals surface area contributed by atoms with Gasteiger partial charge in [-0.05, 0) is 148 Å². The molecule has 0 radical (unpaired) electrons. The van der Waals surface area contributed by atoms with Crippen LogP contribution in [0.15, 0.2) is 36.4 Å². The van der Waals surface area contributed by atoms with E-state index in [9.17, 15) is 4.79 Å². The Morgan fingerprint density at radius 2 is 0.804 bits per heavy atom. The fourth-order valence-corrected chi connectivity index (χ4v) is 12.2. The summed E-state index contributed by atoms with van der Waals surface area (Å²) in [5.41, 5.74) is 0.923. The van der Waals surface area contributed by atoms with Crippen LogP contribution in [0, 0.1) is 35.5 Å². The summed E-state index contributed by atoms with van der Waals surface area (Å²) in [6.07, 6.45) is 24.1. The van der Waals surface area contributed by atoms with Gasteiger partial charge < -0.3 is 0 Å². The summed E-state index contributed by atoms with van der Waals surface area (Å²) < 4.78 is 64.5. The van der Waals surface area contributed by atoms with Crippen molar-refractivity contribution in [2.75, 3.05) is 0 Å². The minimum absolute atomic E-state index is 0.125. The molecule has 0 heterocycles. The minimum atomic E-state index is -3.23. The molecule has 0 atom stereocenters. The average Bonchev–Trinajstić information content (AvgIpc) is 3.21. The van der Waals surface area contributed by atoms with E-state index in [1.54, 1.807) is 38.1 Å². The van der Waals surface area contributed by atoms with E-state index >= 15 is 17.6 Å². The van der Waals surface area contributed by atoms with Gasteiger partial charge in [-0.3, -0.25) is 4.79 Å². The van der Waals surface area contributed by atoms with Crippen LogP contribution in [0.4, 0.5) is 17.6 Å². The van der Waals surface area contributed by atoms with E-state index in [4.69, 9.17) is 0 Å². The Morgan fingerprint density at radius 3 is 1.11 bits per heavy atom. The highest BCUT2D eigenvalue weighted by molar-refractivity contribution is 6.11. The van der Waals surface area contributed by atoms with Gasteiger partial charge in [-0.15, -0.1) is 0 Å². The number of carbonyl (C=O) groups excluding carboxylic acids is 1. The maximum atomic E-state index is 16.1. The second kappa shape index (κ2) is 19.7. The van der Waals surface area contributed by atoms with Crippen molar-refractivity contribution in [1.29, 1.82) is 0 Å². The highest BCUT2D eigenvalue weighted by Crippen LogP contribution is 2.48. The van der Waals surface area contributed by atoms with Crippen molar-refractivity contribution in [3.05, 3.63) is 69.8 Å². The van der Waals surface area contributed by atoms with Crippen molar-refractivity contribution in [3.8, 4) is 0 Å². The van der Waals surface area contributed by atoms with Crippen molar-refractivity contribution in [2.24, 2.45) is 35.5 Å². The van der Waals surface area contributed by atoms with E-state index in [0.717, 1.165) is 86.2 Å². The van der Waals surface area contributed by atoms with Crippen LogP contribution in [-0.4, -0.2) is 5.78 Å². The molecule has 2 aromatic rings. The number of carbonyl (C=O) groups is 1. The normalized spacial score (nSPS) is 29.3. The highest BCUT2D eigenvalue weighted by Gasteiger charge is 2.40. The van der Waals surface area contributed by atoms with Gasteiger partial charge in [-0.1, -0.05) is 116 Å². The lowest BCUT2D eigenvalue weighted by Gasteiger charge is -2.38. The third kappa shape index (κ3) is 10.3. The summed E-state index contributed by atoms with van der Waals surface area (Å²) in [5, 5.41) is 0. The second-order valence-corrected chi connectivity index (χ2v) is 19.2. The molecule has 0 N–H and O–H groups in total. The summed E-state index contributed by atoms with van der Waals surface area (Å²) in [5.74, 6) is -2.03. The Hall–Kier alpha value is -2.17. The Balaban J connectivity index is 1.20. The number of rotatable bonds is 16. The molecule has 312 valence electrons. The van der Waals surface area contributed by atoms with Crippen molar-refractivity contribution in [1.82, 2.24) is 0 Å². The van der Waals surface area contributed by atoms with E-state index in [1.165, 1.54) is 77.0 Å². The Kier molecular flexibility index (Phi) is 15.3. The first-order valence-corrected chi connectivity index (χ1v) is 23.6. The molecular formula is C51H74F4O. The van der Waals surface area contributed by atoms with Gasteiger partial charge in [-0.2, -0.15) is 0 Å². The van der Waals surface area contributed by atoms with Gasteiger partial charge in [0.05, 0.1) is 0 Å². The molecule has 2 aromatic carbocycles. The first kappa shape index (κ1) is 43.4. The first-order valence-electron chi connectivity index (χ1n) is 23.6. The summed E-state index contributed by atoms with van der Waals surface area (Å²) in [7, 11) is 0. The maximum Gasteiger partial charge on any atom is 0.273 e. The number of hydrogen-bond donors (Lipinski definition) is 0. The van der Waals surface area contributed by atoms with Gasteiger partial charge in [-0.25, -0.2) is 17.6 Å². The Morgan fingerprint density at radius 1 is 0.482 bits per heavy atom. The van der Waals surface area contributed by atoms with Crippen LogP contribution in [0.5, 0.6) is 0 Å². The van der Waals surface area contributed by atoms with Crippen molar-refractivity contribution in [2.45, 2.75) is 205 Å². The molecule has 4 fully saturated rings. The molecule has 4 aliphatic carbocycles. The smallest absolute Gasteiger partial charge is 0.273 e. The lowest BCUT2D eigenvalue weighted by molar-refractivity contribution is -0.0152. The fraction of sp³-hybridized carbons (Fsp3) is 0.745. The molecule has 4 saturated carbocycles. The van der Waals surface area contributed by atoms with Crippen LogP contribution in [0.1, 0.15) is 232 Å². The number of hydrogen-bond acceptors (Lipinski definition) is 1. The van der Waals surface area contributed by atoms with Crippen molar-refractivity contribution < 1.29 is 22.4 Å². The SMILES string of the molecule is CCCC1CCC(C2CCC(c3ccc(C(=O)c4ccc(C5CCC(C6CCC(CCC)CC6)CC5)cc4C(F)(F)CCC)c(C(F)(F)CCC)c3)CC2)CC1. The maximum absolute atomic E-state index is 16.1. The first-order chi connectivity index (χ1) is 27.0. The zero-order valence-corrected chi connectivity index (χ0v) is 35.5. The number of ketones is 1. The molecule has 0 spiro atoms. The average molecular weight is 779 g/mol. The number of halogens is 4. The lowest BCUT2D eigenvalue weighted by atomic mass is 9.67. The van der Waals surface area contributed by atoms with Crippen molar-refractivity contribution >= 4 is 5.78 Å². The molecule has 0 saturated heterocycles. The molecule has 5 heteroatoms. The van der Waals surface area contributed by atoms with Crippen LogP contribution in [-0.2, 0) is 11.8 Å². The number of benzene rings is 2. The van der Waals surface area contributed by atoms with E-state index < -0.39 is 17.6 Å². The van der Waals surface area contributed by atoms with Crippen LogP contribution in [0.2, 0.25) is 0 Å². The summed E-state index contributed by atoms with van der Waals surface area (Å²) in [4.78, 5) is 14.5. The predicted molar refractivity (Wildman–Crippen MR) is 224 cm³/mol. The van der Waals surface area contributed by atoms with Gasteiger partial charge in [0.2, 0.25) is 0 Å². The van der Waals surface area contributed by atoms with Crippen LogP contribution in [0.3, 0.4) is 0 Å². The van der Waals surface area contributed by atoms with E-state index in [1.807, 2.05) is 12.1 Å². The van der Waals surface area contributed by atoms with E-state index in [0.29, 0.717) is 11.8 Å². The quantitative estimate of drug-likeness (QED) is 0.123. The predicted octanol–water partition coefficient (Wildman–Crippen LogP) is 16.5. The van der Waals surface area contributed by atoms with E-state index in [2.05, 4.69) is 13.8 Å². The van der Waals surface area contributed by atoms with Crippen LogP contribution >= 0.6 is 0 Å². The summed E-state index contributed by atoms with van der Waals surface area (Å²) in [6, 6.07) is 9.96. The zero-order valence-electron chi connectivity index (χ0n) is 35.5. The molecule has 0 aromatic heterocycles. The van der Waals surface area contributed by atoms with Gasteiger partial charge in [0.1, 0.15) is 0 Å². The summed E-state index contributed by atoms with van der Waals surface area (Å²) in [6.45, 7) is 8.02. The molecule has 0 unspecified atom stereocenters. The van der Waals surface area contributed by atoms with Gasteiger partial charge in [0, 0.05) is 35.1 Å². The molecule has 0 aliphatic heterocycles. The third-order valence-electron chi connectivity index (χ3n) is 15.5. The zero-order chi connectivity index (χ0) is 39.9. The Labute approximate surface area is 338 Å². The molecule has 1 nitrogen and oxygen atoms in total. The second-order valence-electron chi connectivity index (χ2n) is 19.2. The monoisotopic (exact) mass is 779 g/mol. The molecule has 4 aliphatic rings. The standard InChI is InChI=1S/C51H74F4O/c1-5-9-35-11-15-37(16-12-35)39-19-23-41(24-20-39)43-27-29-45(47(33-43)50(52,53)31-7-3)49(56)46-30-28-44(34-48(46)51(54,55)32-8-4)42-25-21-40(22-26-42)38-17-13-36(10-6-2)14-18-38/h27-30,33-42H,5-26,31-32H2,1-4H3. The fourth-order valence-electron chi connectivity index (χ4n) is 12.2.